The van der Waals surface area contributed by atoms with Crippen LogP contribution in [0.25, 0.3) is 0 Å². The van der Waals surface area contributed by atoms with Crippen LogP contribution in [0, 0.1) is 0 Å². The molecule has 1 heterocycles. The molecule has 1 atom stereocenters. The van der Waals surface area contributed by atoms with Gasteiger partial charge < -0.3 is 10.1 Å². The first-order chi connectivity index (χ1) is 7.91. The minimum atomic E-state index is -0.363. The minimum Gasteiger partial charge on any atom is -0.478 e. The van der Waals surface area contributed by atoms with Crippen molar-refractivity contribution in [3.05, 3.63) is 23.8 Å². The van der Waals surface area contributed by atoms with Crippen LogP contribution in [0.1, 0.15) is 39.7 Å². The highest BCUT2D eigenvalue weighted by Crippen LogP contribution is 2.34. The number of hydrogen-bond acceptors (Lipinski definition) is 2. The molecule has 0 saturated heterocycles. The maximum atomic E-state index is 11.6. The van der Waals surface area contributed by atoms with Crippen molar-refractivity contribution in [1.29, 1.82) is 0 Å². The Balaban J connectivity index is 2.37. The first-order valence-corrected chi connectivity index (χ1v) is 6.04. The molecule has 0 saturated carbocycles. The number of rotatable bonds is 1. The van der Waals surface area contributed by atoms with Gasteiger partial charge in [0.2, 0.25) is 0 Å². The van der Waals surface area contributed by atoms with E-state index in [0.717, 1.165) is 11.4 Å². The van der Waals surface area contributed by atoms with Gasteiger partial charge in [-0.15, -0.1) is 0 Å². The summed E-state index contributed by atoms with van der Waals surface area (Å²) in [5.74, 6) is 0.729. The Morgan fingerprint density at radius 1 is 1.35 bits per heavy atom. The van der Waals surface area contributed by atoms with Crippen molar-refractivity contribution in [2.75, 3.05) is 5.32 Å². The molecule has 0 radical (unpaired) electrons. The average Bonchev–Trinajstić information content (AvgIpc) is 2.26. The lowest BCUT2D eigenvalue weighted by Crippen LogP contribution is -2.36. The predicted octanol–water partition coefficient (Wildman–Crippen LogP) is 3.09. The van der Waals surface area contributed by atoms with E-state index >= 15 is 0 Å². The molecule has 1 amide bonds. The molecule has 1 aromatic rings. The van der Waals surface area contributed by atoms with Crippen molar-refractivity contribution in [2.45, 2.75) is 45.6 Å². The third-order valence-electron chi connectivity index (χ3n) is 3.04. The van der Waals surface area contributed by atoms with Gasteiger partial charge in [0.25, 0.3) is 5.91 Å². The maximum absolute atomic E-state index is 11.6. The van der Waals surface area contributed by atoms with Crippen LogP contribution in [0.2, 0.25) is 0 Å². The molecule has 92 valence electrons. The number of hydrogen-bond donors (Lipinski definition) is 1. The fourth-order valence-corrected chi connectivity index (χ4v) is 1.88. The van der Waals surface area contributed by atoms with Gasteiger partial charge in [0.15, 0.2) is 6.10 Å². The summed E-state index contributed by atoms with van der Waals surface area (Å²) in [7, 11) is 0. The van der Waals surface area contributed by atoms with Crippen LogP contribution >= 0.6 is 0 Å². The molecule has 0 aliphatic carbocycles. The quantitative estimate of drug-likeness (QED) is 0.809. The number of carbonyl (C=O) groups excluding carboxylic acids is 1. The summed E-state index contributed by atoms with van der Waals surface area (Å²) in [6, 6.07) is 5.98. The van der Waals surface area contributed by atoms with Crippen LogP contribution in [-0.4, -0.2) is 12.0 Å². The summed E-state index contributed by atoms with van der Waals surface area (Å²) in [6.07, 6.45) is 0.322. The second-order valence-corrected chi connectivity index (χ2v) is 5.46. The molecule has 0 aromatic heterocycles. The molecule has 17 heavy (non-hydrogen) atoms. The Labute approximate surface area is 102 Å². The molecule has 3 heteroatoms. The highest BCUT2D eigenvalue weighted by Gasteiger charge is 2.27. The number of ether oxygens (including phenoxy) is 1. The second kappa shape index (κ2) is 4.06. The van der Waals surface area contributed by atoms with Gasteiger partial charge in [-0.05, 0) is 29.5 Å². The molecule has 1 aliphatic rings. The molecule has 0 fully saturated rings. The number of fused-ring (bicyclic) bond motifs is 1. The summed E-state index contributed by atoms with van der Waals surface area (Å²) >= 11 is 0. The molecular formula is C14H19NO2. The van der Waals surface area contributed by atoms with Crippen LogP contribution in [0.5, 0.6) is 5.75 Å². The first kappa shape index (κ1) is 12.0. The largest absolute Gasteiger partial charge is 0.478 e. The molecule has 3 nitrogen and oxygen atoms in total. The zero-order valence-electron chi connectivity index (χ0n) is 10.8. The van der Waals surface area contributed by atoms with Crippen molar-refractivity contribution in [3.8, 4) is 5.75 Å². The van der Waals surface area contributed by atoms with Gasteiger partial charge in [-0.1, -0.05) is 33.8 Å². The van der Waals surface area contributed by atoms with Crippen molar-refractivity contribution in [3.63, 3.8) is 0 Å². The second-order valence-electron chi connectivity index (χ2n) is 5.46. The molecule has 1 unspecified atom stereocenters. The zero-order valence-corrected chi connectivity index (χ0v) is 10.8. The third kappa shape index (κ3) is 2.28. The monoisotopic (exact) mass is 233 g/mol. The van der Waals surface area contributed by atoms with Crippen LogP contribution in [0.3, 0.4) is 0 Å². The molecule has 0 spiro atoms. The summed E-state index contributed by atoms with van der Waals surface area (Å²) in [5, 5.41) is 2.88. The van der Waals surface area contributed by atoms with Gasteiger partial charge in [0.05, 0.1) is 5.69 Å². The summed E-state index contributed by atoms with van der Waals surface area (Å²) in [6.45, 7) is 8.43. The summed E-state index contributed by atoms with van der Waals surface area (Å²) in [4.78, 5) is 11.6. The van der Waals surface area contributed by atoms with Crippen molar-refractivity contribution in [2.24, 2.45) is 0 Å². The summed E-state index contributed by atoms with van der Waals surface area (Å²) < 4.78 is 5.72. The first-order valence-electron chi connectivity index (χ1n) is 6.04. The number of nitrogens with one attached hydrogen (secondary N) is 1. The number of amides is 1. The van der Waals surface area contributed by atoms with Gasteiger partial charge in [0.1, 0.15) is 5.75 Å². The van der Waals surface area contributed by atoms with Crippen molar-refractivity contribution in [1.82, 2.24) is 0 Å². The molecule has 0 bridgehead atoms. The van der Waals surface area contributed by atoms with Gasteiger partial charge >= 0.3 is 0 Å². The van der Waals surface area contributed by atoms with Crippen LogP contribution in [0.4, 0.5) is 5.69 Å². The lowest BCUT2D eigenvalue weighted by molar-refractivity contribution is -0.123. The fourth-order valence-electron chi connectivity index (χ4n) is 1.88. The van der Waals surface area contributed by atoms with Crippen LogP contribution in [-0.2, 0) is 10.2 Å². The Bertz CT molecular complexity index is 446. The van der Waals surface area contributed by atoms with Gasteiger partial charge in [-0.3, -0.25) is 4.79 Å². The maximum Gasteiger partial charge on any atom is 0.265 e. The molecule has 1 aliphatic heterocycles. The van der Waals surface area contributed by atoms with E-state index in [4.69, 9.17) is 4.74 Å². The number of anilines is 1. The highest BCUT2D eigenvalue weighted by atomic mass is 16.5. The minimum absolute atomic E-state index is 0.0523. The Hall–Kier alpha value is -1.51. The van der Waals surface area contributed by atoms with E-state index in [-0.39, 0.29) is 17.4 Å². The van der Waals surface area contributed by atoms with E-state index in [1.807, 2.05) is 25.1 Å². The van der Waals surface area contributed by atoms with Crippen LogP contribution < -0.4 is 10.1 Å². The van der Waals surface area contributed by atoms with E-state index in [1.165, 1.54) is 5.56 Å². The van der Waals surface area contributed by atoms with Crippen LogP contribution in [0.15, 0.2) is 18.2 Å². The molecule has 1 N–H and O–H groups in total. The zero-order chi connectivity index (χ0) is 12.6. The SMILES string of the molecule is CCC1Oc2cc(C(C)(C)C)ccc2NC1=O. The predicted molar refractivity (Wildman–Crippen MR) is 68.5 cm³/mol. The summed E-state index contributed by atoms with van der Waals surface area (Å²) in [5.41, 5.74) is 2.07. The van der Waals surface area contributed by atoms with Crippen molar-refractivity contribution >= 4 is 11.6 Å². The van der Waals surface area contributed by atoms with E-state index < -0.39 is 0 Å². The third-order valence-corrected chi connectivity index (χ3v) is 3.04. The lowest BCUT2D eigenvalue weighted by Gasteiger charge is -2.27. The smallest absolute Gasteiger partial charge is 0.265 e. The van der Waals surface area contributed by atoms with E-state index in [0.29, 0.717) is 6.42 Å². The molecular weight excluding hydrogens is 214 g/mol. The Kier molecular flexibility index (Phi) is 2.86. The topological polar surface area (TPSA) is 38.3 Å². The standard InChI is InChI=1S/C14H19NO2/c1-5-11-13(16)15-10-7-6-9(14(2,3)4)8-12(10)17-11/h6-8,11H,5H2,1-4H3,(H,15,16). The molecule has 2 rings (SSSR count). The Morgan fingerprint density at radius 2 is 2.06 bits per heavy atom. The van der Waals surface area contributed by atoms with Gasteiger partial charge in [-0.25, -0.2) is 0 Å². The number of carbonyl (C=O) groups is 1. The highest BCUT2D eigenvalue weighted by molar-refractivity contribution is 5.97. The van der Waals surface area contributed by atoms with E-state index in [1.54, 1.807) is 0 Å². The van der Waals surface area contributed by atoms with Crippen molar-refractivity contribution < 1.29 is 9.53 Å². The van der Waals surface area contributed by atoms with Gasteiger partial charge in [0, 0.05) is 0 Å². The number of benzene rings is 1. The van der Waals surface area contributed by atoms with Gasteiger partial charge in [-0.2, -0.15) is 0 Å². The van der Waals surface area contributed by atoms with E-state index in [2.05, 4.69) is 26.1 Å². The fraction of sp³-hybridized carbons (Fsp3) is 0.500. The van der Waals surface area contributed by atoms with E-state index in [9.17, 15) is 4.79 Å². The lowest BCUT2D eigenvalue weighted by atomic mass is 9.86. The normalized spacial score (nSPS) is 19.3. The average molecular weight is 233 g/mol. The molecule has 1 aromatic carbocycles. The Morgan fingerprint density at radius 3 is 2.65 bits per heavy atom.